The van der Waals surface area contributed by atoms with E-state index < -0.39 is 6.10 Å². The molecule has 140 valence electrons. The van der Waals surface area contributed by atoms with E-state index in [1.807, 2.05) is 13.8 Å². The van der Waals surface area contributed by atoms with Crippen molar-refractivity contribution in [2.24, 2.45) is 11.1 Å². The van der Waals surface area contributed by atoms with Crippen LogP contribution >= 0.6 is 12.4 Å². The van der Waals surface area contributed by atoms with Crippen LogP contribution in [0.2, 0.25) is 0 Å². The van der Waals surface area contributed by atoms with E-state index >= 15 is 0 Å². The van der Waals surface area contributed by atoms with E-state index in [1.54, 1.807) is 36.2 Å². The fourth-order valence-corrected chi connectivity index (χ4v) is 2.74. The number of carbonyl (C=O) groups is 2. The van der Waals surface area contributed by atoms with Crippen molar-refractivity contribution in [3.63, 3.8) is 0 Å². The third-order valence-electron chi connectivity index (χ3n) is 4.16. The highest BCUT2D eigenvalue weighted by molar-refractivity contribution is 5.98. The Hall–Kier alpha value is -1.63. The maximum absolute atomic E-state index is 12.6. The minimum atomic E-state index is -0.391. The largest absolute Gasteiger partial charge is 0.368 e. The number of halogens is 1. The molecule has 25 heavy (non-hydrogen) atoms. The summed E-state index contributed by atoms with van der Waals surface area (Å²) in [7, 11) is 1.76. The van der Waals surface area contributed by atoms with Gasteiger partial charge >= 0.3 is 0 Å². The number of rotatable bonds is 6. The first-order valence-corrected chi connectivity index (χ1v) is 8.30. The molecule has 2 amide bonds. The molecule has 0 spiro atoms. The molecule has 6 nitrogen and oxygen atoms in total. The molecule has 1 aromatic rings. The van der Waals surface area contributed by atoms with E-state index in [0.29, 0.717) is 30.9 Å². The van der Waals surface area contributed by atoms with Crippen molar-refractivity contribution < 1.29 is 14.3 Å². The molecule has 1 aromatic carbocycles. The summed E-state index contributed by atoms with van der Waals surface area (Å²) in [5.74, 6) is -0.251. The van der Waals surface area contributed by atoms with E-state index in [4.69, 9.17) is 10.5 Å². The predicted molar refractivity (Wildman–Crippen MR) is 101 cm³/mol. The Morgan fingerprint density at radius 2 is 2.12 bits per heavy atom. The quantitative estimate of drug-likeness (QED) is 0.805. The Morgan fingerprint density at radius 3 is 2.72 bits per heavy atom. The van der Waals surface area contributed by atoms with Gasteiger partial charge < -0.3 is 20.7 Å². The summed E-state index contributed by atoms with van der Waals surface area (Å²) >= 11 is 0. The summed E-state index contributed by atoms with van der Waals surface area (Å²) in [6.07, 6.45) is 1.25. The molecule has 0 aromatic heterocycles. The molecule has 1 unspecified atom stereocenters. The van der Waals surface area contributed by atoms with E-state index in [-0.39, 0.29) is 29.6 Å². The van der Waals surface area contributed by atoms with Crippen LogP contribution in [0, 0.1) is 5.41 Å². The first-order valence-electron chi connectivity index (χ1n) is 8.30. The van der Waals surface area contributed by atoms with Crippen molar-refractivity contribution in [1.29, 1.82) is 0 Å². The van der Waals surface area contributed by atoms with Crippen LogP contribution in [0.1, 0.15) is 37.0 Å². The molecule has 1 saturated heterocycles. The third kappa shape index (κ3) is 5.99. The molecule has 1 aliphatic rings. The van der Waals surface area contributed by atoms with Crippen molar-refractivity contribution >= 4 is 29.9 Å². The van der Waals surface area contributed by atoms with Crippen LogP contribution in [0.5, 0.6) is 0 Å². The lowest BCUT2D eigenvalue weighted by molar-refractivity contribution is -0.124. The van der Waals surface area contributed by atoms with Gasteiger partial charge in [0, 0.05) is 31.5 Å². The molecule has 0 saturated carbocycles. The topological polar surface area (TPSA) is 84.7 Å². The zero-order chi connectivity index (χ0) is 17.7. The van der Waals surface area contributed by atoms with Gasteiger partial charge in [-0.2, -0.15) is 0 Å². The van der Waals surface area contributed by atoms with Crippen molar-refractivity contribution in [2.75, 3.05) is 32.1 Å². The van der Waals surface area contributed by atoms with Gasteiger partial charge in [-0.15, -0.1) is 12.4 Å². The monoisotopic (exact) mass is 369 g/mol. The first kappa shape index (κ1) is 21.4. The number of anilines is 1. The fourth-order valence-electron chi connectivity index (χ4n) is 2.74. The summed E-state index contributed by atoms with van der Waals surface area (Å²) in [6.45, 7) is 5.74. The second kappa shape index (κ2) is 9.17. The minimum Gasteiger partial charge on any atom is -0.368 e. The number of carbonyl (C=O) groups excluding carboxylic acids is 2. The Labute approximate surface area is 155 Å². The Morgan fingerprint density at radius 1 is 1.40 bits per heavy atom. The summed E-state index contributed by atoms with van der Waals surface area (Å²) in [6, 6.07) is 6.98. The zero-order valence-corrected chi connectivity index (χ0v) is 15.9. The van der Waals surface area contributed by atoms with E-state index in [0.717, 1.165) is 12.8 Å². The van der Waals surface area contributed by atoms with Crippen LogP contribution in [0.15, 0.2) is 24.3 Å². The number of nitrogens with two attached hydrogens (primary N) is 1. The lowest BCUT2D eigenvalue weighted by atomic mass is 9.93. The number of benzene rings is 1. The molecule has 1 atom stereocenters. The standard InChI is InChI=1S/C18H27N3O3.ClH/c1-18(2,11-19)12-21(3)17(23)13-6-4-7-14(10-13)20-16(22)15-8-5-9-24-15;/h4,6-7,10,15H,5,8-9,11-12,19H2,1-3H3,(H,20,22);1H. The van der Waals surface area contributed by atoms with Gasteiger partial charge in [-0.1, -0.05) is 19.9 Å². The number of hydrogen-bond donors (Lipinski definition) is 2. The summed E-state index contributed by atoms with van der Waals surface area (Å²) in [5, 5.41) is 2.82. The normalized spacial score (nSPS) is 16.9. The molecule has 1 heterocycles. The highest BCUT2D eigenvalue weighted by atomic mass is 35.5. The molecule has 2 rings (SSSR count). The highest BCUT2D eigenvalue weighted by Gasteiger charge is 2.24. The summed E-state index contributed by atoms with van der Waals surface area (Å²) in [5.41, 5.74) is 6.73. The number of nitrogens with one attached hydrogen (secondary N) is 1. The average Bonchev–Trinajstić information content (AvgIpc) is 3.08. The second-order valence-corrected chi connectivity index (χ2v) is 7.10. The molecule has 0 bridgehead atoms. The molecular formula is C18H28ClN3O3. The molecule has 7 heteroatoms. The van der Waals surface area contributed by atoms with E-state index in [9.17, 15) is 9.59 Å². The van der Waals surface area contributed by atoms with Gasteiger partial charge in [-0.25, -0.2) is 0 Å². The van der Waals surface area contributed by atoms with Gasteiger partial charge in [0.05, 0.1) is 0 Å². The van der Waals surface area contributed by atoms with Crippen molar-refractivity contribution in [2.45, 2.75) is 32.8 Å². The second-order valence-electron chi connectivity index (χ2n) is 7.10. The summed E-state index contributed by atoms with van der Waals surface area (Å²) in [4.78, 5) is 26.4. The van der Waals surface area contributed by atoms with E-state index in [2.05, 4.69) is 5.32 Å². The van der Waals surface area contributed by atoms with Gasteiger partial charge in [-0.05, 0) is 43.0 Å². The SMILES string of the molecule is CN(CC(C)(C)CN)C(=O)c1cccc(NC(=O)C2CCCO2)c1.Cl. The maximum atomic E-state index is 12.6. The van der Waals surface area contributed by atoms with Crippen molar-refractivity contribution in [1.82, 2.24) is 4.90 Å². The van der Waals surface area contributed by atoms with Crippen molar-refractivity contribution in [3.8, 4) is 0 Å². The van der Waals surface area contributed by atoms with Crippen LogP contribution < -0.4 is 11.1 Å². The van der Waals surface area contributed by atoms with E-state index in [1.165, 1.54) is 0 Å². The average molecular weight is 370 g/mol. The van der Waals surface area contributed by atoms with Gasteiger partial charge in [0.25, 0.3) is 11.8 Å². The van der Waals surface area contributed by atoms with Gasteiger partial charge in [0.15, 0.2) is 0 Å². The highest BCUT2D eigenvalue weighted by Crippen LogP contribution is 2.19. The Balaban J connectivity index is 0.00000312. The van der Waals surface area contributed by atoms with Crippen LogP contribution in [0.4, 0.5) is 5.69 Å². The number of amides is 2. The van der Waals surface area contributed by atoms with Crippen LogP contribution in [-0.4, -0.2) is 49.6 Å². The van der Waals surface area contributed by atoms with Crippen LogP contribution in [0.25, 0.3) is 0 Å². The molecular weight excluding hydrogens is 342 g/mol. The lowest BCUT2D eigenvalue weighted by Crippen LogP contribution is -2.39. The number of nitrogens with zero attached hydrogens (tertiary/aromatic N) is 1. The molecule has 1 aliphatic heterocycles. The predicted octanol–water partition coefficient (Wildman–Crippen LogP) is 2.28. The van der Waals surface area contributed by atoms with Gasteiger partial charge in [0.2, 0.25) is 0 Å². The fraction of sp³-hybridized carbons (Fsp3) is 0.556. The Bertz CT molecular complexity index is 601. The number of hydrogen-bond acceptors (Lipinski definition) is 4. The Kier molecular flexibility index (Phi) is 7.86. The summed E-state index contributed by atoms with van der Waals surface area (Å²) < 4.78 is 5.37. The van der Waals surface area contributed by atoms with Gasteiger partial charge in [0.1, 0.15) is 6.10 Å². The third-order valence-corrected chi connectivity index (χ3v) is 4.16. The van der Waals surface area contributed by atoms with Crippen molar-refractivity contribution in [3.05, 3.63) is 29.8 Å². The van der Waals surface area contributed by atoms with Crippen LogP contribution in [-0.2, 0) is 9.53 Å². The smallest absolute Gasteiger partial charge is 0.253 e. The molecule has 1 fully saturated rings. The zero-order valence-electron chi connectivity index (χ0n) is 15.1. The maximum Gasteiger partial charge on any atom is 0.253 e. The molecule has 0 radical (unpaired) electrons. The lowest BCUT2D eigenvalue weighted by Gasteiger charge is -2.29. The van der Waals surface area contributed by atoms with Crippen LogP contribution in [0.3, 0.4) is 0 Å². The minimum absolute atomic E-state index is 0. The molecule has 3 N–H and O–H groups in total. The molecule has 0 aliphatic carbocycles. The first-order chi connectivity index (χ1) is 11.3. The van der Waals surface area contributed by atoms with Gasteiger partial charge in [-0.3, -0.25) is 9.59 Å². The number of ether oxygens (including phenoxy) is 1.